The van der Waals surface area contributed by atoms with Crippen LogP contribution in [0.2, 0.25) is 0 Å². The summed E-state index contributed by atoms with van der Waals surface area (Å²) in [6.07, 6.45) is 2.91. The molecule has 1 atom stereocenters. The molecule has 0 saturated heterocycles. The van der Waals surface area contributed by atoms with Gasteiger partial charge in [0.25, 0.3) is 0 Å². The van der Waals surface area contributed by atoms with Crippen LogP contribution < -0.4 is 0 Å². The standard InChI is InChI=1S/C5H8O2S/c1-7-4-3-5-8(2)6/h4-5H,1-2H3. The predicted molar refractivity (Wildman–Crippen MR) is 33.7 cm³/mol. The van der Waals surface area contributed by atoms with E-state index < -0.39 is 10.8 Å². The number of hydrogen-bond donors (Lipinski definition) is 0. The third kappa shape index (κ3) is 5.47. The molecule has 0 bridgehead atoms. The summed E-state index contributed by atoms with van der Waals surface area (Å²) in [7, 11) is 0.599. The molecular weight excluding hydrogens is 124 g/mol. The van der Waals surface area contributed by atoms with Crippen LogP contribution in [0.3, 0.4) is 0 Å². The zero-order valence-corrected chi connectivity index (χ0v) is 5.70. The summed E-state index contributed by atoms with van der Waals surface area (Å²) in [6, 6.07) is 0. The van der Waals surface area contributed by atoms with Crippen LogP contribution in [-0.2, 0) is 15.5 Å². The third-order valence-electron chi connectivity index (χ3n) is 0.420. The first-order valence-electron chi connectivity index (χ1n) is 2.03. The Bertz CT molecular complexity index is 133. The second kappa shape index (κ2) is 4.62. The molecular formula is C5H8O2S. The van der Waals surface area contributed by atoms with E-state index in [0.717, 1.165) is 0 Å². The van der Waals surface area contributed by atoms with Crippen LogP contribution in [-0.4, -0.2) is 17.6 Å². The lowest BCUT2D eigenvalue weighted by Gasteiger charge is -1.76. The van der Waals surface area contributed by atoms with Crippen molar-refractivity contribution in [2.75, 3.05) is 13.4 Å². The minimum Gasteiger partial charge on any atom is -0.496 e. The normalized spacial score (nSPS) is 11.2. The number of rotatable bonds is 2. The quantitative estimate of drug-likeness (QED) is 0.407. The predicted octanol–water partition coefficient (Wildman–Crippen LogP) is 0.638. The summed E-state index contributed by atoms with van der Waals surface area (Å²) in [6.45, 7) is 0. The van der Waals surface area contributed by atoms with E-state index in [9.17, 15) is 4.21 Å². The average molecular weight is 132 g/mol. The van der Waals surface area contributed by atoms with Gasteiger partial charge in [-0.25, -0.2) is 0 Å². The van der Waals surface area contributed by atoms with Gasteiger partial charge in [0, 0.05) is 11.7 Å². The van der Waals surface area contributed by atoms with Gasteiger partial charge in [-0.1, -0.05) is 5.73 Å². The van der Waals surface area contributed by atoms with Crippen molar-refractivity contribution in [1.29, 1.82) is 0 Å². The zero-order chi connectivity index (χ0) is 6.41. The molecule has 0 aromatic heterocycles. The van der Waals surface area contributed by atoms with E-state index in [2.05, 4.69) is 10.5 Å². The Labute approximate surface area is 51.3 Å². The molecule has 0 aromatic carbocycles. The Kier molecular flexibility index (Phi) is 4.32. The largest absolute Gasteiger partial charge is 0.496 e. The SMILES string of the molecule is COC=C=CS(C)=O. The summed E-state index contributed by atoms with van der Waals surface area (Å²) in [5.74, 6) is 0. The van der Waals surface area contributed by atoms with Crippen molar-refractivity contribution >= 4 is 10.8 Å². The number of ether oxygens (including phenoxy) is 1. The van der Waals surface area contributed by atoms with Crippen molar-refractivity contribution in [3.63, 3.8) is 0 Å². The van der Waals surface area contributed by atoms with Crippen molar-refractivity contribution in [1.82, 2.24) is 0 Å². The highest BCUT2D eigenvalue weighted by Crippen LogP contribution is 1.73. The first kappa shape index (κ1) is 7.47. The van der Waals surface area contributed by atoms with Crippen molar-refractivity contribution in [2.24, 2.45) is 0 Å². The van der Waals surface area contributed by atoms with Crippen molar-refractivity contribution in [3.05, 3.63) is 17.4 Å². The van der Waals surface area contributed by atoms with Gasteiger partial charge >= 0.3 is 0 Å². The molecule has 0 aliphatic rings. The van der Waals surface area contributed by atoms with E-state index in [4.69, 9.17) is 0 Å². The summed E-state index contributed by atoms with van der Waals surface area (Å²) in [5, 5.41) is 1.42. The minimum absolute atomic E-state index is 0.914. The molecule has 0 N–H and O–H groups in total. The van der Waals surface area contributed by atoms with Gasteiger partial charge in [0.05, 0.1) is 17.9 Å². The van der Waals surface area contributed by atoms with Crippen LogP contribution in [0.4, 0.5) is 0 Å². The fraction of sp³-hybridized carbons (Fsp3) is 0.400. The Morgan fingerprint density at radius 2 is 2.38 bits per heavy atom. The molecule has 0 fully saturated rings. The molecule has 0 radical (unpaired) electrons. The Morgan fingerprint density at radius 3 is 2.75 bits per heavy atom. The number of hydrogen-bond acceptors (Lipinski definition) is 2. The molecule has 0 amide bonds. The van der Waals surface area contributed by atoms with Gasteiger partial charge in [-0.3, -0.25) is 4.21 Å². The second-order valence-electron chi connectivity index (χ2n) is 1.14. The highest BCUT2D eigenvalue weighted by Gasteiger charge is 1.70. The average Bonchev–Trinajstić information content (AvgIpc) is 1.66. The van der Waals surface area contributed by atoms with Gasteiger partial charge in [0.2, 0.25) is 0 Å². The highest BCUT2D eigenvalue weighted by molar-refractivity contribution is 7.87. The minimum atomic E-state index is -0.914. The topological polar surface area (TPSA) is 26.3 Å². The Morgan fingerprint density at radius 1 is 1.75 bits per heavy atom. The Hall–Kier alpha value is -0.530. The van der Waals surface area contributed by atoms with E-state index in [1.807, 2.05) is 0 Å². The zero-order valence-electron chi connectivity index (χ0n) is 4.88. The maximum Gasteiger partial charge on any atom is 0.125 e. The first-order valence-corrected chi connectivity index (χ1v) is 3.65. The van der Waals surface area contributed by atoms with Crippen LogP contribution in [0.25, 0.3) is 0 Å². The second-order valence-corrected chi connectivity index (χ2v) is 2.37. The molecule has 0 spiro atoms. The molecule has 46 valence electrons. The lowest BCUT2D eigenvalue weighted by atomic mass is 10.9. The molecule has 2 nitrogen and oxygen atoms in total. The molecule has 0 aromatic rings. The van der Waals surface area contributed by atoms with Crippen LogP contribution in [0.15, 0.2) is 17.4 Å². The van der Waals surface area contributed by atoms with Crippen molar-refractivity contribution in [2.45, 2.75) is 0 Å². The summed E-state index contributed by atoms with van der Waals surface area (Å²) >= 11 is 0. The lowest BCUT2D eigenvalue weighted by Crippen LogP contribution is -1.71. The molecule has 0 rings (SSSR count). The molecule has 0 aliphatic heterocycles. The number of methoxy groups -OCH3 is 1. The monoisotopic (exact) mass is 132 g/mol. The van der Waals surface area contributed by atoms with E-state index in [0.29, 0.717) is 0 Å². The smallest absolute Gasteiger partial charge is 0.125 e. The molecule has 8 heavy (non-hydrogen) atoms. The molecule has 1 unspecified atom stereocenters. The highest BCUT2D eigenvalue weighted by atomic mass is 32.2. The van der Waals surface area contributed by atoms with Gasteiger partial charge in [-0.2, -0.15) is 0 Å². The van der Waals surface area contributed by atoms with Gasteiger partial charge in [-0.05, 0) is 0 Å². The first-order chi connectivity index (χ1) is 3.77. The van der Waals surface area contributed by atoms with Crippen LogP contribution in [0.5, 0.6) is 0 Å². The van der Waals surface area contributed by atoms with E-state index >= 15 is 0 Å². The maximum absolute atomic E-state index is 10.2. The molecule has 0 aliphatic carbocycles. The van der Waals surface area contributed by atoms with E-state index in [1.54, 1.807) is 6.26 Å². The van der Waals surface area contributed by atoms with Crippen LogP contribution >= 0.6 is 0 Å². The fourth-order valence-electron chi connectivity index (χ4n) is 0.192. The Balaban J connectivity index is 3.64. The van der Waals surface area contributed by atoms with Gasteiger partial charge in [-0.15, -0.1) is 0 Å². The molecule has 0 saturated carbocycles. The van der Waals surface area contributed by atoms with E-state index in [-0.39, 0.29) is 0 Å². The van der Waals surface area contributed by atoms with Gasteiger partial charge in [0.1, 0.15) is 6.26 Å². The fourth-order valence-corrected chi connectivity index (χ4v) is 0.439. The molecule has 3 heteroatoms. The van der Waals surface area contributed by atoms with Gasteiger partial charge in [0.15, 0.2) is 0 Å². The molecule has 0 heterocycles. The maximum atomic E-state index is 10.2. The van der Waals surface area contributed by atoms with Gasteiger partial charge < -0.3 is 4.74 Å². The third-order valence-corrected chi connectivity index (χ3v) is 0.888. The summed E-state index contributed by atoms with van der Waals surface area (Å²) in [4.78, 5) is 0. The van der Waals surface area contributed by atoms with Crippen molar-refractivity contribution in [3.8, 4) is 0 Å². The summed E-state index contributed by atoms with van der Waals surface area (Å²) < 4.78 is 14.7. The van der Waals surface area contributed by atoms with Crippen LogP contribution in [0, 0.1) is 0 Å². The summed E-state index contributed by atoms with van der Waals surface area (Å²) in [5.41, 5.74) is 2.56. The van der Waals surface area contributed by atoms with E-state index in [1.165, 1.54) is 18.8 Å². The van der Waals surface area contributed by atoms with Crippen LogP contribution in [0.1, 0.15) is 0 Å². The lowest BCUT2D eigenvalue weighted by molar-refractivity contribution is 0.339. The van der Waals surface area contributed by atoms with Crippen molar-refractivity contribution < 1.29 is 8.95 Å².